The van der Waals surface area contributed by atoms with E-state index in [2.05, 4.69) is 41.8 Å². The quantitative estimate of drug-likeness (QED) is 0.330. The first-order valence-electron chi connectivity index (χ1n) is 11.7. The van der Waals surface area contributed by atoms with Gasteiger partial charge >= 0.3 is 0 Å². The zero-order valence-corrected chi connectivity index (χ0v) is 19.0. The number of amides is 1. The van der Waals surface area contributed by atoms with Gasteiger partial charge in [0.05, 0.1) is 17.6 Å². The molecule has 5 nitrogen and oxygen atoms in total. The minimum Gasteiger partial charge on any atom is -0.494 e. The molecule has 1 unspecified atom stereocenters. The number of benzene rings is 3. The molecule has 2 heterocycles. The molecule has 4 aromatic rings. The van der Waals surface area contributed by atoms with Crippen molar-refractivity contribution >= 4 is 22.6 Å². The lowest BCUT2D eigenvalue weighted by Gasteiger charge is -2.17. The van der Waals surface area contributed by atoms with E-state index in [4.69, 9.17) is 9.72 Å². The lowest BCUT2D eigenvalue weighted by Crippen LogP contribution is -2.24. The van der Waals surface area contributed by atoms with Gasteiger partial charge < -0.3 is 14.2 Å². The third-order valence-corrected chi connectivity index (χ3v) is 6.28. The van der Waals surface area contributed by atoms with E-state index < -0.39 is 0 Å². The van der Waals surface area contributed by atoms with E-state index >= 15 is 0 Å². The predicted molar refractivity (Wildman–Crippen MR) is 132 cm³/mol. The molecular weight excluding hydrogens is 410 g/mol. The maximum absolute atomic E-state index is 12.8. The number of carbonyl (C=O) groups excluding carboxylic acids is 1. The Morgan fingerprint density at radius 1 is 0.970 bits per heavy atom. The Morgan fingerprint density at radius 3 is 2.64 bits per heavy atom. The summed E-state index contributed by atoms with van der Waals surface area (Å²) in [5.41, 5.74) is 4.30. The highest BCUT2D eigenvalue weighted by atomic mass is 16.5. The number of aryl methyl sites for hydroxylation is 2. The lowest BCUT2D eigenvalue weighted by molar-refractivity contribution is -0.117. The van der Waals surface area contributed by atoms with Crippen LogP contribution in [-0.4, -0.2) is 28.6 Å². The van der Waals surface area contributed by atoms with Crippen molar-refractivity contribution in [2.45, 2.75) is 38.6 Å². The molecule has 168 valence electrons. The Bertz CT molecular complexity index is 1250. The van der Waals surface area contributed by atoms with Crippen LogP contribution in [0.4, 0.5) is 5.69 Å². The summed E-state index contributed by atoms with van der Waals surface area (Å²) in [5.74, 6) is 2.20. The number of unbranched alkanes of at least 4 members (excludes halogenated alkanes) is 1. The Morgan fingerprint density at radius 2 is 1.79 bits per heavy atom. The van der Waals surface area contributed by atoms with Crippen LogP contribution < -0.4 is 9.64 Å². The van der Waals surface area contributed by atoms with Crippen LogP contribution in [0.15, 0.2) is 78.9 Å². The number of para-hydroxylation sites is 3. The van der Waals surface area contributed by atoms with E-state index in [9.17, 15) is 4.79 Å². The number of imidazole rings is 1. The van der Waals surface area contributed by atoms with Crippen molar-refractivity contribution in [1.82, 2.24) is 9.55 Å². The highest BCUT2D eigenvalue weighted by Crippen LogP contribution is 2.33. The van der Waals surface area contributed by atoms with Gasteiger partial charge in [-0.3, -0.25) is 4.79 Å². The molecule has 1 aromatic heterocycles. The SMILES string of the molecule is Cc1cccc(OCCCCn2c(C3CC(=O)N(c4ccccc4)C3)nc3ccccc32)c1. The van der Waals surface area contributed by atoms with Gasteiger partial charge in [-0.25, -0.2) is 4.98 Å². The van der Waals surface area contributed by atoms with Crippen molar-refractivity contribution in [2.75, 3.05) is 18.1 Å². The molecule has 33 heavy (non-hydrogen) atoms. The van der Waals surface area contributed by atoms with E-state index in [0.717, 1.165) is 47.7 Å². The number of aromatic nitrogens is 2. The van der Waals surface area contributed by atoms with Gasteiger partial charge in [0.25, 0.3) is 0 Å². The van der Waals surface area contributed by atoms with Crippen LogP contribution >= 0.6 is 0 Å². The van der Waals surface area contributed by atoms with E-state index in [-0.39, 0.29) is 11.8 Å². The molecule has 0 aliphatic carbocycles. The molecular formula is C28H29N3O2. The number of nitrogens with zero attached hydrogens (tertiary/aromatic N) is 3. The van der Waals surface area contributed by atoms with Gasteiger partial charge in [0.15, 0.2) is 0 Å². The summed E-state index contributed by atoms with van der Waals surface area (Å²) < 4.78 is 8.24. The third kappa shape index (κ3) is 4.63. The average molecular weight is 440 g/mol. The normalized spacial score (nSPS) is 16.0. The topological polar surface area (TPSA) is 47.4 Å². The van der Waals surface area contributed by atoms with Gasteiger partial charge in [-0.05, 0) is 61.7 Å². The molecule has 0 radical (unpaired) electrons. The average Bonchev–Trinajstić information content (AvgIpc) is 3.40. The molecule has 1 aliphatic rings. The van der Waals surface area contributed by atoms with Gasteiger partial charge in [-0.1, -0.05) is 42.5 Å². The fraction of sp³-hybridized carbons (Fsp3) is 0.286. The number of fused-ring (bicyclic) bond motifs is 1. The fourth-order valence-corrected chi connectivity index (χ4v) is 4.65. The summed E-state index contributed by atoms with van der Waals surface area (Å²) in [7, 11) is 0. The van der Waals surface area contributed by atoms with Crippen molar-refractivity contribution in [1.29, 1.82) is 0 Å². The number of hydrogen-bond donors (Lipinski definition) is 0. The smallest absolute Gasteiger partial charge is 0.227 e. The van der Waals surface area contributed by atoms with Crippen LogP contribution in [-0.2, 0) is 11.3 Å². The van der Waals surface area contributed by atoms with E-state index in [0.29, 0.717) is 19.6 Å². The number of rotatable bonds is 8. The summed E-state index contributed by atoms with van der Waals surface area (Å²) >= 11 is 0. The molecule has 1 aliphatic heterocycles. The second-order valence-corrected chi connectivity index (χ2v) is 8.72. The molecule has 0 N–H and O–H groups in total. The summed E-state index contributed by atoms with van der Waals surface area (Å²) in [6.45, 7) is 4.30. The summed E-state index contributed by atoms with van der Waals surface area (Å²) in [4.78, 5) is 19.7. The van der Waals surface area contributed by atoms with Gasteiger partial charge in [0.1, 0.15) is 11.6 Å². The van der Waals surface area contributed by atoms with Crippen molar-refractivity contribution in [3.05, 3.63) is 90.3 Å². The monoisotopic (exact) mass is 439 g/mol. The summed E-state index contributed by atoms with van der Waals surface area (Å²) in [6, 6.07) is 26.4. The highest BCUT2D eigenvalue weighted by molar-refractivity contribution is 5.96. The number of anilines is 1. The zero-order chi connectivity index (χ0) is 22.6. The van der Waals surface area contributed by atoms with Gasteiger partial charge in [0.2, 0.25) is 5.91 Å². The van der Waals surface area contributed by atoms with Crippen LogP contribution in [0.25, 0.3) is 11.0 Å². The van der Waals surface area contributed by atoms with Gasteiger partial charge in [0, 0.05) is 31.1 Å². The molecule has 1 amide bonds. The Labute approximate surface area is 194 Å². The standard InChI is InChI=1S/C28H29N3O2/c1-21-10-9-13-24(18-21)33-17-8-7-16-30-26-15-6-5-14-25(26)29-28(30)22-19-27(32)31(20-22)23-11-3-2-4-12-23/h2-6,9-15,18,22H,7-8,16-17,19-20H2,1H3. The maximum Gasteiger partial charge on any atom is 0.227 e. The second-order valence-electron chi connectivity index (χ2n) is 8.72. The van der Waals surface area contributed by atoms with Crippen molar-refractivity contribution in [3.63, 3.8) is 0 Å². The van der Waals surface area contributed by atoms with E-state index in [1.807, 2.05) is 53.4 Å². The van der Waals surface area contributed by atoms with Crippen molar-refractivity contribution in [2.24, 2.45) is 0 Å². The maximum atomic E-state index is 12.8. The van der Waals surface area contributed by atoms with Gasteiger partial charge in [-0.2, -0.15) is 0 Å². The van der Waals surface area contributed by atoms with Crippen molar-refractivity contribution in [3.8, 4) is 5.75 Å². The van der Waals surface area contributed by atoms with Crippen LogP contribution in [0, 0.1) is 6.92 Å². The van der Waals surface area contributed by atoms with Crippen LogP contribution in [0.1, 0.15) is 36.6 Å². The third-order valence-electron chi connectivity index (χ3n) is 6.28. The molecule has 1 fully saturated rings. The van der Waals surface area contributed by atoms with E-state index in [1.54, 1.807) is 0 Å². The highest BCUT2D eigenvalue weighted by Gasteiger charge is 2.34. The fourth-order valence-electron chi connectivity index (χ4n) is 4.65. The summed E-state index contributed by atoms with van der Waals surface area (Å²) in [5, 5.41) is 0. The molecule has 1 saturated heterocycles. The predicted octanol–water partition coefficient (Wildman–Crippen LogP) is 5.72. The molecule has 5 rings (SSSR count). The van der Waals surface area contributed by atoms with Crippen LogP contribution in [0.3, 0.4) is 0 Å². The Hall–Kier alpha value is -3.60. The molecule has 3 aromatic carbocycles. The first kappa shape index (κ1) is 21.3. The number of carbonyl (C=O) groups is 1. The molecule has 0 spiro atoms. The molecule has 0 saturated carbocycles. The van der Waals surface area contributed by atoms with Gasteiger partial charge in [-0.15, -0.1) is 0 Å². The minimum atomic E-state index is 0.0913. The second kappa shape index (κ2) is 9.49. The zero-order valence-electron chi connectivity index (χ0n) is 19.0. The Balaban J connectivity index is 1.29. The first-order valence-corrected chi connectivity index (χ1v) is 11.7. The molecule has 5 heteroatoms. The summed E-state index contributed by atoms with van der Waals surface area (Å²) in [6.07, 6.45) is 2.44. The molecule has 1 atom stereocenters. The van der Waals surface area contributed by atoms with Crippen LogP contribution in [0.2, 0.25) is 0 Å². The van der Waals surface area contributed by atoms with Crippen molar-refractivity contribution < 1.29 is 9.53 Å². The van der Waals surface area contributed by atoms with Crippen LogP contribution in [0.5, 0.6) is 5.75 Å². The first-order chi connectivity index (χ1) is 16.2. The Kier molecular flexibility index (Phi) is 6.11. The molecule has 0 bridgehead atoms. The largest absolute Gasteiger partial charge is 0.494 e. The lowest BCUT2D eigenvalue weighted by atomic mass is 10.1. The van der Waals surface area contributed by atoms with E-state index in [1.165, 1.54) is 5.56 Å². The minimum absolute atomic E-state index is 0.0913. The number of ether oxygens (including phenoxy) is 1. The number of hydrogen-bond acceptors (Lipinski definition) is 3.